The average Bonchev–Trinajstić information content (AvgIpc) is 2.94. The van der Waals surface area contributed by atoms with Gasteiger partial charge in [0, 0.05) is 0 Å². The summed E-state index contributed by atoms with van der Waals surface area (Å²) in [6.45, 7) is 0.641. The Morgan fingerprint density at radius 1 is 0.538 bits per heavy atom. The molecule has 0 aliphatic carbocycles. The van der Waals surface area contributed by atoms with Crippen LogP contribution in [0.4, 0.5) is 11.4 Å². The Balaban J connectivity index is 1.36. The number of carbonyl (C=O) groups is 2. The van der Waals surface area contributed by atoms with Crippen LogP contribution in [0.5, 0.6) is 11.5 Å². The second kappa shape index (κ2) is 19.7. The molecule has 39 heavy (non-hydrogen) atoms. The van der Waals surface area contributed by atoms with E-state index in [1.54, 1.807) is 48.5 Å². The lowest BCUT2D eigenvalue weighted by Crippen LogP contribution is -2.20. The third-order valence-corrected chi connectivity index (χ3v) is 4.44. The molecule has 0 saturated carbocycles. The van der Waals surface area contributed by atoms with Crippen LogP contribution in [0.1, 0.15) is 0 Å². The number of nitrogens with zero attached hydrogens (tertiary/aromatic N) is 2. The fraction of sp³-hybridized carbons (Fsp3) is 0.385. The summed E-state index contributed by atoms with van der Waals surface area (Å²) in [6, 6.07) is 13.0. The van der Waals surface area contributed by atoms with Gasteiger partial charge in [0.2, 0.25) is 12.2 Å². The summed E-state index contributed by atoms with van der Waals surface area (Å²) in [5, 5.41) is 0. The smallest absolute Gasteiger partial charge is 0.332 e. The zero-order valence-electron chi connectivity index (χ0n) is 21.1. The van der Waals surface area contributed by atoms with Crippen LogP contribution < -0.4 is 9.47 Å². The van der Waals surface area contributed by atoms with Crippen molar-refractivity contribution >= 4 is 35.5 Å². The van der Waals surface area contributed by atoms with E-state index in [-0.39, 0.29) is 66.1 Å². The first-order chi connectivity index (χ1) is 19.1. The lowest BCUT2D eigenvalue weighted by atomic mass is 10.3. The topological polar surface area (TPSA) is 158 Å². The van der Waals surface area contributed by atoms with Crippen LogP contribution in [0.15, 0.2) is 58.5 Å². The number of carbonyl (C=O) groups excluding carboxylic acids is 4. The van der Waals surface area contributed by atoms with E-state index in [4.69, 9.17) is 33.2 Å². The summed E-state index contributed by atoms with van der Waals surface area (Å²) < 4.78 is 36.4. The van der Waals surface area contributed by atoms with Gasteiger partial charge in [-0.1, -0.05) is 0 Å². The second-order valence-corrected chi connectivity index (χ2v) is 7.25. The van der Waals surface area contributed by atoms with Crippen LogP contribution in [0.2, 0.25) is 0 Å². The first kappa shape index (κ1) is 30.8. The number of aliphatic imine (C=N–C) groups is 2. The minimum atomic E-state index is -0.550. The summed E-state index contributed by atoms with van der Waals surface area (Å²) in [4.78, 5) is 50.6. The van der Waals surface area contributed by atoms with Crippen molar-refractivity contribution in [2.24, 2.45) is 9.98 Å². The third kappa shape index (κ3) is 14.8. The zero-order valence-corrected chi connectivity index (χ0v) is 21.1. The van der Waals surface area contributed by atoms with Gasteiger partial charge in [0.15, 0.2) is 0 Å². The fourth-order valence-electron chi connectivity index (χ4n) is 2.70. The lowest BCUT2D eigenvalue weighted by molar-refractivity contribution is -0.152. The molecular formula is C26H28N2O11. The zero-order chi connectivity index (χ0) is 28.0. The van der Waals surface area contributed by atoms with Crippen molar-refractivity contribution in [3.8, 4) is 11.5 Å². The van der Waals surface area contributed by atoms with E-state index in [9.17, 15) is 19.2 Å². The summed E-state index contributed by atoms with van der Waals surface area (Å²) >= 11 is 0. The van der Waals surface area contributed by atoms with E-state index in [2.05, 4.69) is 9.98 Å². The van der Waals surface area contributed by atoms with Crippen molar-refractivity contribution in [3.05, 3.63) is 48.5 Å². The van der Waals surface area contributed by atoms with Crippen LogP contribution in [0.3, 0.4) is 0 Å². The molecule has 0 aliphatic rings. The number of isocyanates is 2. The molecule has 2 aromatic rings. The maximum Gasteiger partial charge on any atom is 0.332 e. The molecule has 0 atom stereocenters. The SMILES string of the molecule is O=C=Nc1ccc(OCCOCC(=O)OCCOCCOC(=O)COCCOc2ccc(N=C=O)cc2)cc1. The molecule has 0 fully saturated rings. The predicted octanol–water partition coefficient (Wildman–Crippen LogP) is 2.22. The molecule has 13 heteroatoms. The monoisotopic (exact) mass is 544 g/mol. The lowest BCUT2D eigenvalue weighted by Gasteiger charge is -2.09. The Bertz CT molecular complexity index is 1010. The Morgan fingerprint density at radius 2 is 0.923 bits per heavy atom. The molecular weight excluding hydrogens is 516 g/mol. The molecule has 2 aromatic carbocycles. The number of hydrogen-bond donors (Lipinski definition) is 0. The first-order valence-corrected chi connectivity index (χ1v) is 11.8. The molecule has 0 saturated heterocycles. The summed E-state index contributed by atoms with van der Waals surface area (Å²) in [6.07, 6.45) is 2.90. The number of ether oxygens (including phenoxy) is 7. The van der Waals surface area contributed by atoms with E-state index in [0.717, 1.165) is 0 Å². The highest BCUT2D eigenvalue weighted by molar-refractivity contribution is 5.71. The Kier molecular flexibility index (Phi) is 15.6. The van der Waals surface area contributed by atoms with Gasteiger partial charge in [-0.2, -0.15) is 9.98 Å². The highest BCUT2D eigenvalue weighted by Gasteiger charge is 2.05. The predicted molar refractivity (Wildman–Crippen MR) is 134 cm³/mol. The molecule has 0 N–H and O–H groups in total. The normalized spacial score (nSPS) is 10.1. The van der Waals surface area contributed by atoms with Gasteiger partial charge >= 0.3 is 11.9 Å². The van der Waals surface area contributed by atoms with E-state index < -0.39 is 11.9 Å². The van der Waals surface area contributed by atoms with Crippen LogP contribution in [0, 0.1) is 0 Å². The summed E-state index contributed by atoms with van der Waals surface area (Å²) in [5.41, 5.74) is 0.942. The van der Waals surface area contributed by atoms with Crippen molar-refractivity contribution in [2.75, 3.05) is 66.1 Å². The van der Waals surface area contributed by atoms with Gasteiger partial charge < -0.3 is 33.2 Å². The average molecular weight is 545 g/mol. The molecule has 0 spiro atoms. The van der Waals surface area contributed by atoms with Crippen LogP contribution >= 0.6 is 0 Å². The summed E-state index contributed by atoms with van der Waals surface area (Å²) in [5.74, 6) is 0.0374. The Hall–Kier alpha value is -4.38. The van der Waals surface area contributed by atoms with Crippen LogP contribution in [0.25, 0.3) is 0 Å². The van der Waals surface area contributed by atoms with E-state index in [0.29, 0.717) is 22.9 Å². The molecule has 0 radical (unpaired) electrons. The highest BCUT2D eigenvalue weighted by atomic mass is 16.6. The minimum Gasteiger partial charge on any atom is -0.491 e. The maximum atomic E-state index is 11.6. The van der Waals surface area contributed by atoms with Crippen molar-refractivity contribution in [1.82, 2.24) is 0 Å². The fourth-order valence-corrected chi connectivity index (χ4v) is 2.70. The van der Waals surface area contributed by atoms with Gasteiger partial charge in [-0.05, 0) is 48.5 Å². The number of benzene rings is 2. The molecule has 0 heterocycles. The van der Waals surface area contributed by atoms with Crippen LogP contribution in [-0.4, -0.2) is 90.2 Å². The van der Waals surface area contributed by atoms with Crippen molar-refractivity contribution in [3.63, 3.8) is 0 Å². The third-order valence-electron chi connectivity index (χ3n) is 4.44. The molecule has 0 aliphatic heterocycles. The summed E-state index contributed by atoms with van der Waals surface area (Å²) in [7, 11) is 0. The van der Waals surface area contributed by atoms with E-state index in [1.807, 2.05) is 0 Å². The largest absolute Gasteiger partial charge is 0.491 e. The van der Waals surface area contributed by atoms with Gasteiger partial charge in [-0.15, -0.1) is 0 Å². The molecule has 0 bridgehead atoms. The van der Waals surface area contributed by atoms with Gasteiger partial charge in [0.05, 0.1) is 37.8 Å². The number of hydrogen-bond acceptors (Lipinski definition) is 13. The van der Waals surface area contributed by atoms with Gasteiger partial charge in [-0.3, -0.25) is 0 Å². The van der Waals surface area contributed by atoms with E-state index >= 15 is 0 Å². The van der Waals surface area contributed by atoms with Crippen molar-refractivity contribution in [2.45, 2.75) is 0 Å². The van der Waals surface area contributed by atoms with Gasteiger partial charge in [-0.25, -0.2) is 19.2 Å². The number of esters is 2. The molecule has 0 amide bonds. The Labute approximate surface area is 224 Å². The van der Waals surface area contributed by atoms with Crippen molar-refractivity contribution in [1.29, 1.82) is 0 Å². The molecule has 2 rings (SSSR count). The maximum absolute atomic E-state index is 11.6. The highest BCUT2D eigenvalue weighted by Crippen LogP contribution is 2.18. The standard InChI is InChI=1S/C26H28N2O11/c29-19-27-21-1-5-23(6-2-21)36-13-11-34-17-25(31)38-15-9-33-10-16-39-26(32)18-35-12-14-37-24-7-3-22(4-8-24)28-20-30/h1-8H,9-18H2. The molecule has 0 aromatic heterocycles. The van der Waals surface area contributed by atoms with Gasteiger partial charge in [0.25, 0.3) is 0 Å². The molecule has 13 nitrogen and oxygen atoms in total. The Morgan fingerprint density at radius 3 is 1.31 bits per heavy atom. The van der Waals surface area contributed by atoms with Gasteiger partial charge in [0.1, 0.15) is 51.1 Å². The van der Waals surface area contributed by atoms with Crippen molar-refractivity contribution < 1.29 is 52.3 Å². The first-order valence-electron chi connectivity index (χ1n) is 11.8. The second-order valence-electron chi connectivity index (χ2n) is 7.25. The quantitative estimate of drug-likeness (QED) is 0.104. The molecule has 208 valence electrons. The van der Waals surface area contributed by atoms with E-state index in [1.165, 1.54) is 12.2 Å². The molecule has 0 unspecified atom stereocenters. The number of rotatable bonds is 20. The minimum absolute atomic E-state index is 0.0262. The van der Waals surface area contributed by atoms with Crippen LogP contribution in [-0.2, 0) is 42.9 Å².